The fourth-order valence-corrected chi connectivity index (χ4v) is 4.39. The summed E-state index contributed by atoms with van der Waals surface area (Å²) < 4.78 is 5.41. The number of pyridine rings is 1. The van der Waals surface area contributed by atoms with Gasteiger partial charge in [-0.3, -0.25) is 14.8 Å². The molecule has 2 atom stereocenters. The second-order valence-corrected chi connectivity index (χ2v) is 8.70. The highest BCUT2D eigenvalue weighted by atomic mass is 35.5. The van der Waals surface area contributed by atoms with Crippen LogP contribution in [0.5, 0.6) is 0 Å². The largest absolute Gasteiger partial charge is 0.381 e. The van der Waals surface area contributed by atoms with E-state index in [0.717, 1.165) is 57.4 Å². The number of hydrogen-bond acceptors (Lipinski definition) is 7. The third kappa shape index (κ3) is 5.33. The van der Waals surface area contributed by atoms with Gasteiger partial charge in [-0.1, -0.05) is 11.6 Å². The van der Waals surface area contributed by atoms with E-state index in [1.807, 2.05) is 6.07 Å². The minimum Gasteiger partial charge on any atom is -0.381 e. The molecule has 2 aliphatic rings. The summed E-state index contributed by atoms with van der Waals surface area (Å²) in [7, 11) is 0. The zero-order valence-electron chi connectivity index (χ0n) is 17.0. The molecule has 0 aromatic carbocycles. The molecule has 160 valence electrons. The van der Waals surface area contributed by atoms with Crippen molar-refractivity contribution in [3.63, 3.8) is 0 Å². The quantitative estimate of drug-likeness (QED) is 0.696. The zero-order valence-corrected chi connectivity index (χ0v) is 17.8. The van der Waals surface area contributed by atoms with E-state index >= 15 is 0 Å². The van der Waals surface area contributed by atoms with Crippen LogP contribution in [0.3, 0.4) is 0 Å². The van der Waals surface area contributed by atoms with Gasteiger partial charge in [-0.05, 0) is 44.1 Å². The Morgan fingerprint density at radius 2 is 2.03 bits per heavy atom. The van der Waals surface area contributed by atoms with Gasteiger partial charge in [-0.25, -0.2) is 4.98 Å². The Bertz CT molecular complexity index is 888. The number of ketones is 1. The Balaban J connectivity index is 1.45. The summed E-state index contributed by atoms with van der Waals surface area (Å²) in [6.07, 6.45) is 9.94. The third-order valence-electron chi connectivity index (χ3n) is 6.02. The molecule has 4 rings (SSSR count). The molecule has 1 saturated carbocycles. The fourth-order valence-electron chi connectivity index (χ4n) is 4.19. The summed E-state index contributed by atoms with van der Waals surface area (Å²) in [6, 6.07) is 1.99. The summed E-state index contributed by atoms with van der Waals surface area (Å²) in [6.45, 7) is 2.48. The Morgan fingerprint density at radius 1 is 1.20 bits per heavy atom. The number of carbonyl (C=O) groups excluding carboxylic acids is 1. The number of ether oxygens (including phenoxy) is 1. The summed E-state index contributed by atoms with van der Waals surface area (Å²) in [4.78, 5) is 26.0. The van der Waals surface area contributed by atoms with E-state index in [1.165, 1.54) is 0 Å². The first kappa shape index (κ1) is 21.2. The summed E-state index contributed by atoms with van der Waals surface area (Å²) >= 11 is 6.40. The normalized spacial score (nSPS) is 22.2. The van der Waals surface area contributed by atoms with Crippen molar-refractivity contribution in [1.29, 1.82) is 0 Å². The number of rotatable bonds is 7. The molecule has 1 aliphatic carbocycles. The minimum absolute atomic E-state index is 0.0402. The maximum Gasteiger partial charge on any atom is 0.145 e. The van der Waals surface area contributed by atoms with E-state index in [2.05, 4.69) is 20.3 Å². The average Bonchev–Trinajstić information content (AvgIpc) is 3.21. The molecule has 2 fully saturated rings. The molecule has 3 N–H and O–H groups in total. The molecule has 2 aromatic rings. The Labute approximate surface area is 181 Å². The molecule has 0 bridgehead atoms. The summed E-state index contributed by atoms with van der Waals surface area (Å²) in [5.41, 5.74) is 8.05. The molecular weight excluding hydrogens is 402 g/mol. The first-order chi connectivity index (χ1) is 14.6. The number of nitrogens with zero attached hydrogens (tertiary/aromatic N) is 3. The van der Waals surface area contributed by atoms with Crippen molar-refractivity contribution in [2.75, 3.05) is 25.1 Å². The maximum absolute atomic E-state index is 12.6. The summed E-state index contributed by atoms with van der Waals surface area (Å²) in [5, 5.41) is 3.87. The van der Waals surface area contributed by atoms with E-state index < -0.39 is 0 Å². The molecule has 0 unspecified atom stereocenters. The van der Waals surface area contributed by atoms with Crippen LogP contribution in [-0.4, -0.2) is 46.5 Å². The van der Waals surface area contributed by atoms with Crippen LogP contribution in [0.25, 0.3) is 11.3 Å². The highest BCUT2D eigenvalue weighted by molar-refractivity contribution is 6.33. The van der Waals surface area contributed by atoms with E-state index in [0.29, 0.717) is 28.1 Å². The number of hydrogen-bond donors (Lipinski definition) is 2. The van der Waals surface area contributed by atoms with Crippen LogP contribution in [0.1, 0.15) is 37.8 Å². The number of aromatic nitrogens is 3. The first-order valence-corrected chi connectivity index (χ1v) is 11.0. The van der Waals surface area contributed by atoms with Crippen LogP contribution in [-0.2, 0) is 16.0 Å². The molecule has 1 aliphatic heterocycles. The van der Waals surface area contributed by atoms with Crippen molar-refractivity contribution in [3.8, 4) is 11.3 Å². The zero-order chi connectivity index (χ0) is 20.9. The standard InChI is InChI=1S/C22H28ClN5O2/c23-19-11-26-17(9-21(29)15-1-2-16(24)7-15)8-18(19)20-12-25-13-22(28-20)27-10-14-3-5-30-6-4-14/h8,11-16H,1-7,9-10,24H2,(H,27,28)/t15-,16-/m1/s1. The lowest BCUT2D eigenvalue weighted by Crippen LogP contribution is -2.23. The molecule has 30 heavy (non-hydrogen) atoms. The average molecular weight is 430 g/mol. The number of nitrogens with one attached hydrogen (secondary N) is 1. The number of Topliss-reactive ketones (excluding diaryl/α,β-unsaturated/α-hetero) is 1. The van der Waals surface area contributed by atoms with E-state index in [1.54, 1.807) is 18.6 Å². The van der Waals surface area contributed by atoms with Crippen molar-refractivity contribution < 1.29 is 9.53 Å². The minimum atomic E-state index is 0.0402. The van der Waals surface area contributed by atoms with Crippen molar-refractivity contribution in [1.82, 2.24) is 15.0 Å². The Kier molecular flexibility index (Phi) is 6.92. The molecular formula is C22H28ClN5O2. The maximum atomic E-state index is 12.6. The van der Waals surface area contributed by atoms with Crippen LogP contribution in [0.4, 0.5) is 5.82 Å². The van der Waals surface area contributed by atoms with Gasteiger partial charge < -0.3 is 15.8 Å². The lowest BCUT2D eigenvalue weighted by atomic mass is 9.97. The fraction of sp³-hybridized carbons (Fsp3) is 0.545. The van der Waals surface area contributed by atoms with Crippen LogP contribution < -0.4 is 11.1 Å². The van der Waals surface area contributed by atoms with Gasteiger partial charge in [-0.15, -0.1) is 0 Å². The second kappa shape index (κ2) is 9.81. The van der Waals surface area contributed by atoms with Gasteiger partial charge >= 0.3 is 0 Å². The topological polar surface area (TPSA) is 103 Å². The highest BCUT2D eigenvalue weighted by Gasteiger charge is 2.28. The van der Waals surface area contributed by atoms with Gasteiger partial charge in [0.1, 0.15) is 11.6 Å². The number of anilines is 1. The molecule has 1 saturated heterocycles. The van der Waals surface area contributed by atoms with Gasteiger partial charge in [0, 0.05) is 55.6 Å². The van der Waals surface area contributed by atoms with Gasteiger partial charge in [0.25, 0.3) is 0 Å². The second-order valence-electron chi connectivity index (χ2n) is 8.29. The lowest BCUT2D eigenvalue weighted by Gasteiger charge is -2.22. The highest BCUT2D eigenvalue weighted by Crippen LogP contribution is 2.29. The van der Waals surface area contributed by atoms with Gasteiger partial charge in [0.2, 0.25) is 0 Å². The van der Waals surface area contributed by atoms with Crippen LogP contribution >= 0.6 is 11.6 Å². The predicted octanol–water partition coefficient (Wildman–Crippen LogP) is 3.27. The van der Waals surface area contributed by atoms with E-state index in [9.17, 15) is 4.79 Å². The monoisotopic (exact) mass is 429 g/mol. The molecule has 0 spiro atoms. The molecule has 0 amide bonds. The number of carbonyl (C=O) groups is 1. The van der Waals surface area contributed by atoms with Gasteiger partial charge in [0.05, 0.1) is 23.1 Å². The SMILES string of the molecule is N[C@@H]1CC[C@@H](C(=O)Cc2cc(-c3cncc(NCC4CCOCC4)n3)c(Cl)cn2)C1. The molecule has 8 heteroatoms. The van der Waals surface area contributed by atoms with Crippen molar-refractivity contribution in [2.24, 2.45) is 17.6 Å². The molecule has 0 radical (unpaired) electrons. The van der Waals surface area contributed by atoms with Crippen LogP contribution in [0.15, 0.2) is 24.7 Å². The molecule has 2 aromatic heterocycles. The number of nitrogens with two attached hydrogens (primary N) is 1. The van der Waals surface area contributed by atoms with Crippen molar-refractivity contribution in [3.05, 3.63) is 35.4 Å². The van der Waals surface area contributed by atoms with Crippen LogP contribution in [0.2, 0.25) is 5.02 Å². The van der Waals surface area contributed by atoms with Crippen molar-refractivity contribution >= 4 is 23.2 Å². The predicted molar refractivity (Wildman–Crippen MR) is 116 cm³/mol. The molecule has 3 heterocycles. The Hall–Kier alpha value is -2.09. The third-order valence-corrected chi connectivity index (χ3v) is 6.32. The van der Waals surface area contributed by atoms with E-state index in [4.69, 9.17) is 22.1 Å². The lowest BCUT2D eigenvalue weighted by molar-refractivity contribution is -0.122. The summed E-state index contributed by atoms with van der Waals surface area (Å²) in [5.74, 6) is 1.53. The first-order valence-electron chi connectivity index (χ1n) is 10.6. The van der Waals surface area contributed by atoms with Gasteiger partial charge in [-0.2, -0.15) is 0 Å². The molecule has 7 nitrogen and oxygen atoms in total. The van der Waals surface area contributed by atoms with Gasteiger partial charge in [0.15, 0.2) is 0 Å². The van der Waals surface area contributed by atoms with E-state index in [-0.39, 0.29) is 24.2 Å². The van der Waals surface area contributed by atoms with Crippen molar-refractivity contribution in [2.45, 2.75) is 44.6 Å². The Morgan fingerprint density at radius 3 is 2.80 bits per heavy atom. The smallest absolute Gasteiger partial charge is 0.145 e. The van der Waals surface area contributed by atoms with Crippen LogP contribution in [0, 0.1) is 11.8 Å². The number of halogens is 1.